The molecule has 1 N–H and O–H groups in total. The predicted octanol–water partition coefficient (Wildman–Crippen LogP) is 5.37. The van der Waals surface area contributed by atoms with Gasteiger partial charge in [-0.2, -0.15) is 0 Å². The molecule has 7 nitrogen and oxygen atoms in total. The highest BCUT2D eigenvalue weighted by Gasteiger charge is 2.33. The van der Waals surface area contributed by atoms with Crippen LogP contribution in [0.15, 0.2) is 83.3 Å². The molecule has 0 fully saturated rings. The normalized spacial score (nSPS) is 12.8. The Hall–Kier alpha value is -2.44. The molecule has 0 spiro atoms. The summed E-state index contributed by atoms with van der Waals surface area (Å²) in [7, 11) is -3.79. The van der Waals surface area contributed by atoms with E-state index in [9.17, 15) is 18.0 Å². The molecule has 0 saturated heterocycles. The zero-order chi connectivity index (χ0) is 28.6. The molecule has 3 aromatic rings. The van der Waals surface area contributed by atoms with Crippen molar-refractivity contribution in [1.82, 2.24) is 10.2 Å². The average molecular weight is 726 g/mol. The van der Waals surface area contributed by atoms with E-state index in [1.54, 1.807) is 24.3 Å². The van der Waals surface area contributed by atoms with Crippen LogP contribution < -0.4 is 9.62 Å². The van der Waals surface area contributed by atoms with E-state index in [-0.39, 0.29) is 24.9 Å². The lowest BCUT2D eigenvalue weighted by molar-refractivity contribution is -0.140. The van der Waals surface area contributed by atoms with Crippen LogP contribution in [0.5, 0.6) is 0 Å². The van der Waals surface area contributed by atoms with Gasteiger partial charge < -0.3 is 10.2 Å². The molecule has 208 valence electrons. The van der Waals surface area contributed by atoms with Gasteiger partial charge in [0.25, 0.3) is 0 Å². The molecule has 0 saturated carbocycles. The maximum atomic E-state index is 14.0. The number of hydrogen-bond acceptors (Lipinski definition) is 4. The van der Waals surface area contributed by atoms with Crippen LogP contribution in [0.4, 0.5) is 5.69 Å². The number of benzene rings is 3. The average Bonchev–Trinajstić information content (AvgIpc) is 2.90. The van der Waals surface area contributed by atoms with Gasteiger partial charge in [0.1, 0.15) is 12.6 Å². The minimum absolute atomic E-state index is 0.0836. The van der Waals surface area contributed by atoms with Gasteiger partial charge in [-0.3, -0.25) is 13.9 Å². The largest absolute Gasteiger partial charge is 0.352 e. The van der Waals surface area contributed by atoms with Crippen LogP contribution in [-0.4, -0.2) is 50.0 Å². The van der Waals surface area contributed by atoms with Gasteiger partial charge in [0, 0.05) is 27.1 Å². The second kappa shape index (κ2) is 14.3. The molecule has 2 amide bonds. The summed E-state index contributed by atoms with van der Waals surface area (Å²) in [5, 5.41) is 3.03. The Morgan fingerprint density at radius 3 is 2.13 bits per heavy atom. The fourth-order valence-electron chi connectivity index (χ4n) is 4.00. The van der Waals surface area contributed by atoms with E-state index in [2.05, 4.69) is 43.8 Å². The van der Waals surface area contributed by atoms with Crippen LogP contribution >= 0.6 is 38.5 Å². The molecule has 0 heterocycles. The summed E-state index contributed by atoms with van der Waals surface area (Å²) >= 11 is 5.58. The number of carbonyl (C=O) groups excluding carboxylic acids is 2. The Morgan fingerprint density at radius 1 is 0.949 bits per heavy atom. The van der Waals surface area contributed by atoms with Crippen molar-refractivity contribution in [3.8, 4) is 0 Å². The molecule has 10 heteroatoms. The van der Waals surface area contributed by atoms with Gasteiger partial charge in [0.05, 0.1) is 11.9 Å². The first-order chi connectivity index (χ1) is 18.5. The van der Waals surface area contributed by atoms with E-state index in [4.69, 9.17) is 0 Å². The van der Waals surface area contributed by atoms with E-state index in [1.165, 1.54) is 4.90 Å². The molecule has 2 atom stereocenters. The van der Waals surface area contributed by atoms with Crippen molar-refractivity contribution in [3.05, 3.63) is 98.0 Å². The number of anilines is 1. The number of nitrogens with one attached hydrogen (secondary N) is 1. The minimum atomic E-state index is -3.79. The van der Waals surface area contributed by atoms with E-state index >= 15 is 0 Å². The molecule has 0 radical (unpaired) electrons. The molecule has 0 unspecified atom stereocenters. The summed E-state index contributed by atoms with van der Waals surface area (Å²) in [5.74, 6) is -0.749. The van der Waals surface area contributed by atoms with E-state index < -0.39 is 28.5 Å². The molecular formula is C29H33BrIN3O4S. The van der Waals surface area contributed by atoms with Gasteiger partial charge in [-0.15, -0.1) is 0 Å². The number of halogens is 2. The van der Waals surface area contributed by atoms with Crippen molar-refractivity contribution in [1.29, 1.82) is 0 Å². The Bertz CT molecular complexity index is 1350. The standard InChI is InChI=1S/C29H33BrIN3O4S/c1-4-21(2)32-29(36)27(18-22-8-6-5-7-9-22)33(19-23-10-12-24(30)13-11-23)28(35)20-34(39(3,37)38)26-16-14-25(31)15-17-26/h5-17,21,27H,4,18-20H2,1-3H3,(H,32,36)/t21-,27-/m1/s1. The van der Waals surface area contributed by atoms with Crippen LogP contribution in [0.3, 0.4) is 0 Å². The third-order valence-electron chi connectivity index (χ3n) is 6.33. The van der Waals surface area contributed by atoms with Crippen molar-refractivity contribution in [2.24, 2.45) is 0 Å². The smallest absolute Gasteiger partial charge is 0.244 e. The number of nitrogens with zero attached hydrogens (tertiary/aromatic N) is 2. The predicted molar refractivity (Wildman–Crippen MR) is 168 cm³/mol. The van der Waals surface area contributed by atoms with E-state index in [0.29, 0.717) is 5.69 Å². The Kier molecular flexibility index (Phi) is 11.4. The van der Waals surface area contributed by atoms with Crippen LogP contribution in [-0.2, 0) is 32.6 Å². The van der Waals surface area contributed by atoms with E-state index in [1.807, 2.05) is 68.4 Å². The number of sulfonamides is 1. The molecule has 39 heavy (non-hydrogen) atoms. The van der Waals surface area contributed by atoms with Crippen molar-refractivity contribution >= 4 is 66.0 Å². The lowest BCUT2D eigenvalue weighted by Gasteiger charge is -2.34. The molecule has 0 bridgehead atoms. The fraction of sp³-hybridized carbons (Fsp3) is 0.310. The minimum Gasteiger partial charge on any atom is -0.352 e. The summed E-state index contributed by atoms with van der Waals surface area (Å²) in [6.07, 6.45) is 2.10. The maximum Gasteiger partial charge on any atom is 0.244 e. The zero-order valence-corrected chi connectivity index (χ0v) is 26.7. The summed E-state index contributed by atoms with van der Waals surface area (Å²) in [6, 6.07) is 23.0. The van der Waals surface area contributed by atoms with E-state index in [0.717, 1.165) is 36.2 Å². The molecule has 0 aliphatic rings. The van der Waals surface area contributed by atoms with Crippen molar-refractivity contribution in [2.75, 3.05) is 17.1 Å². The highest BCUT2D eigenvalue weighted by atomic mass is 127. The van der Waals surface area contributed by atoms with Gasteiger partial charge in [0.2, 0.25) is 21.8 Å². The number of hydrogen-bond donors (Lipinski definition) is 1. The lowest BCUT2D eigenvalue weighted by atomic mass is 10.0. The third kappa shape index (κ3) is 9.32. The molecule has 0 aromatic heterocycles. The first-order valence-corrected chi connectivity index (χ1v) is 16.3. The van der Waals surface area contributed by atoms with Gasteiger partial charge in [-0.25, -0.2) is 8.42 Å². The summed E-state index contributed by atoms with van der Waals surface area (Å²) in [6.45, 7) is 3.60. The summed E-state index contributed by atoms with van der Waals surface area (Å²) < 4.78 is 28.6. The summed E-state index contributed by atoms with van der Waals surface area (Å²) in [5.41, 5.74) is 2.10. The van der Waals surface area contributed by atoms with Gasteiger partial charge in [0.15, 0.2) is 0 Å². The fourth-order valence-corrected chi connectivity index (χ4v) is 5.48. The van der Waals surface area contributed by atoms with Gasteiger partial charge in [-0.1, -0.05) is 65.3 Å². The Balaban J connectivity index is 2.04. The lowest BCUT2D eigenvalue weighted by Crippen LogP contribution is -2.54. The van der Waals surface area contributed by atoms with Crippen molar-refractivity contribution in [3.63, 3.8) is 0 Å². The van der Waals surface area contributed by atoms with Crippen LogP contribution in [0.2, 0.25) is 0 Å². The SMILES string of the molecule is CC[C@@H](C)NC(=O)[C@@H](Cc1ccccc1)N(Cc1ccc(Br)cc1)C(=O)CN(c1ccc(I)cc1)S(C)(=O)=O. The second-order valence-corrected chi connectivity index (χ2v) is 13.5. The topological polar surface area (TPSA) is 86.8 Å². The van der Waals surface area contributed by atoms with Crippen LogP contribution in [0.25, 0.3) is 0 Å². The zero-order valence-electron chi connectivity index (χ0n) is 22.2. The molecule has 0 aliphatic heterocycles. The number of carbonyl (C=O) groups is 2. The van der Waals surface area contributed by atoms with Crippen molar-refractivity contribution < 1.29 is 18.0 Å². The Morgan fingerprint density at radius 2 is 1.56 bits per heavy atom. The number of amides is 2. The summed E-state index contributed by atoms with van der Waals surface area (Å²) in [4.78, 5) is 29.2. The highest BCUT2D eigenvalue weighted by Crippen LogP contribution is 2.22. The Labute approximate surface area is 253 Å². The second-order valence-electron chi connectivity index (χ2n) is 9.42. The van der Waals surface area contributed by atoms with Gasteiger partial charge >= 0.3 is 0 Å². The first kappa shape index (κ1) is 31.1. The quantitative estimate of drug-likeness (QED) is 0.255. The van der Waals surface area contributed by atoms with Crippen LogP contribution in [0.1, 0.15) is 31.4 Å². The van der Waals surface area contributed by atoms with Crippen LogP contribution in [0, 0.1) is 3.57 Å². The molecular weight excluding hydrogens is 693 g/mol. The number of rotatable bonds is 12. The maximum absolute atomic E-state index is 14.0. The molecule has 0 aliphatic carbocycles. The third-order valence-corrected chi connectivity index (χ3v) is 8.72. The first-order valence-electron chi connectivity index (χ1n) is 12.6. The molecule has 3 aromatic carbocycles. The van der Waals surface area contributed by atoms with Crippen molar-refractivity contribution in [2.45, 2.75) is 45.3 Å². The molecule has 3 rings (SSSR count). The highest BCUT2D eigenvalue weighted by molar-refractivity contribution is 14.1. The monoisotopic (exact) mass is 725 g/mol. The van der Waals surface area contributed by atoms with Gasteiger partial charge in [-0.05, 0) is 83.5 Å².